The number of anilines is 1. The van der Waals surface area contributed by atoms with E-state index in [0.717, 1.165) is 36.2 Å². The molecule has 0 radical (unpaired) electrons. The van der Waals surface area contributed by atoms with E-state index in [-0.39, 0.29) is 0 Å². The SMILES string of the molecule is CCc1nnc(N2CCC(C)(O)C2)c(C(N)=S)c1CC. The smallest absolute Gasteiger partial charge is 0.161 e. The van der Waals surface area contributed by atoms with Crippen LogP contribution in [-0.4, -0.2) is 39.0 Å². The van der Waals surface area contributed by atoms with Gasteiger partial charge in [0.2, 0.25) is 0 Å². The van der Waals surface area contributed by atoms with E-state index < -0.39 is 5.60 Å². The van der Waals surface area contributed by atoms with Crippen LogP contribution in [0.25, 0.3) is 0 Å². The summed E-state index contributed by atoms with van der Waals surface area (Å²) in [5, 5.41) is 18.8. The zero-order valence-corrected chi connectivity index (χ0v) is 13.1. The van der Waals surface area contributed by atoms with E-state index in [4.69, 9.17) is 18.0 Å². The van der Waals surface area contributed by atoms with Gasteiger partial charge < -0.3 is 15.7 Å². The Morgan fingerprint density at radius 1 is 1.40 bits per heavy atom. The van der Waals surface area contributed by atoms with E-state index in [9.17, 15) is 5.11 Å². The number of thiocarbonyl (C=S) groups is 1. The number of hydrogen-bond donors (Lipinski definition) is 2. The molecule has 1 aromatic rings. The summed E-state index contributed by atoms with van der Waals surface area (Å²) < 4.78 is 0. The molecule has 3 N–H and O–H groups in total. The van der Waals surface area contributed by atoms with Gasteiger partial charge in [0, 0.05) is 13.1 Å². The highest BCUT2D eigenvalue weighted by Gasteiger charge is 2.34. The molecule has 1 aliphatic heterocycles. The quantitative estimate of drug-likeness (QED) is 0.813. The fraction of sp³-hybridized carbons (Fsp3) is 0.643. The first kappa shape index (κ1) is 15.1. The summed E-state index contributed by atoms with van der Waals surface area (Å²) in [6.45, 7) is 7.23. The molecule has 1 atom stereocenters. The largest absolute Gasteiger partial charge is 0.389 e. The van der Waals surface area contributed by atoms with Gasteiger partial charge in [0.15, 0.2) is 5.82 Å². The van der Waals surface area contributed by atoms with Gasteiger partial charge in [0.1, 0.15) is 4.99 Å². The summed E-state index contributed by atoms with van der Waals surface area (Å²) in [7, 11) is 0. The van der Waals surface area contributed by atoms with E-state index in [2.05, 4.69) is 17.1 Å². The van der Waals surface area contributed by atoms with Crippen molar-refractivity contribution in [1.29, 1.82) is 0 Å². The highest BCUT2D eigenvalue weighted by atomic mass is 32.1. The maximum Gasteiger partial charge on any atom is 0.161 e. The lowest BCUT2D eigenvalue weighted by atomic mass is 10.0. The van der Waals surface area contributed by atoms with Crippen LogP contribution < -0.4 is 10.6 Å². The van der Waals surface area contributed by atoms with Crippen LogP contribution in [0.1, 0.15) is 44.0 Å². The van der Waals surface area contributed by atoms with Gasteiger partial charge >= 0.3 is 0 Å². The van der Waals surface area contributed by atoms with Crippen LogP contribution in [0.15, 0.2) is 0 Å². The molecular weight excluding hydrogens is 272 g/mol. The number of aryl methyl sites for hydroxylation is 1. The Labute approximate surface area is 125 Å². The van der Waals surface area contributed by atoms with Crippen LogP contribution >= 0.6 is 12.2 Å². The Morgan fingerprint density at radius 2 is 2.10 bits per heavy atom. The normalized spacial score (nSPS) is 22.3. The molecule has 1 unspecified atom stereocenters. The third-order valence-corrected chi connectivity index (χ3v) is 4.03. The molecule has 1 saturated heterocycles. The van der Waals surface area contributed by atoms with Crippen molar-refractivity contribution < 1.29 is 5.11 Å². The Hall–Kier alpha value is -1.27. The van der Waals surface area contributed by atoms with E-state index in [1.807, 2.05) is 18.7 Å². The molecule has 0 saturated carbocycles. The number of nitrogens with two attached hydrogens (primary N) is 1. The van der Waals surface area contributed by atoms with Crippen molar-refractivity contribution in [3.63, 3.8) is 0 Å². The lowest BCUT2D eigenvalue weighted by Gasteiger charge is -2.23. The van der Waals surface area contributed by atoms with Crippen molar-refractivity contribution in [2.45, 2.75) is 45.6 Å². The average Bonchev–Trinajstić information content (AvgIpc) is 2.76. The molecule has 0 aliphatic carbocycles. The number of hydrogen-bond acceptors (Lipinski definition) is 5. The van der Waals surface area contributed by atoms with Crippen molar-refractivity contribution >= 4 is 23.0 Å². The summed E-state index contributed by atoms with van der Waals surface area (Å²) >= 11 is 5.22. The molecule has 0 amide bonds. The Balaban J connectivity index is 2.51. The molecule has 2 rings (SSSR count). The van der Waals surface area contributed by atoms with Crippen molar-refractivity contribution in [2.24, 2.45) is 5.73 Å². The minimum Gasteiger partial charge on any atom is -0.389 e. The summed E-state index contributed by atoms with van der Waals surface area (Å²) in [6, 6.07) is 0. The van der Waals surface area contributed by atoms with E-state index >= 15 is 0 Å². The fourth-order valence-corrected chi connectivity index (χ4v) is 2.98. The second-order valence-corrected chi connectivity index (χ2v) is 6.00. The van der Waals surface area contributed by atoms with Gasteiger partial charge in [-0.15, -0.1) is 5.10 Å². The van der Waals surface area contributed by atoms with Gasteiger partial charge in [-0.3, -0.25) is 0 Å². The van der Waals surface area contributed by atoms with E-state index in [0.29, 0.717) is 23.8 Å². The second-order valence-electron chi connectivity index (χ2n) is 5.56. The third-order valence-electron chi connectivity index (χ3n) is 3.83. The summed E-state index contributed by atoms with van der Waals surface area (Å²) in [5.74, 6) is 0.712. The van der Waals surface area contributed by atoms with Gasteiger partial charge in [-0.2, -0.15) is 5.10 Å². The molecule has 1 aromatic heterocycles. The van der Waals surface area contributed by atoms with Crippen LogP contribution in [0.3, 0.4) is 0 Å². The molecule has 2 heterocycles. The highest BCUT2D eigenvalue weighted by Crippen LogP contribution is 2.30. The predicted molar refractivity (Wildman–Crippen MR) is 84.1 cm³/mol. The monoisotopic (exact) mass is 294 g/mol. The molecule has 0 spiro atoms. The van der Waals surface area contributed by atoms with Gasteiger partial charge in [0.25, 0.3) is 0 Å². The number of rotatable bonds is 4. The second kappa shape index (κ2) is 5.61. The van der Waals surface area contributed by atoms with Crippen molar-refractivity contribution in [1.82, 2.24) is 10.2 Å². The average molecular weight is 294 g/mol. The Bertz CT molecular complexity index is 530. The van der Waals surface area contributed by atoms with Gasteiger partial charge in [0.05, 0.1) is 16.9 Å². The van der Waals surface area contributed by atoms with E-state index in [1.165, 1.54) is 0 Å². The minimum atomic E-state index is -0.690. The van der Waals surface area contributed by atoms with Gasteiger partial charge in [-0.1, -0.05) is 26.1 Å². The molecule has 110 valence electrons. The van der Waals surface area contributed by atoms with Crippen LogP contribution in [0.2, 0.25) is 0 Å². The third kappa shape index (κ3) is 2.76. The number of aliphatic hydroxyl groups is 1. The molecule has 20 heavy (non-hydrogen) atoms. The standard InChI is InChI=1S/C14H22N4OS/c1-4-9-10(5-2)16-17-13(11(9)12(15)20)18-7-6-14(3,19)8-18/h19H,4-8H2,1-3H3,(H2,15,20). The number of aromatic nitrogens is 2. The molecule has 0 aromatic carbocycles. The Morgan fingerprint density at radius 3 is 2.55 bits per heavy atom. The predicted octanol–water partition coefficient (Wildman–Crippen LogP) is 1.20. The zero-order chi connectivity index (χ0) is 14.9. The first-order valence-corrected chi connectivity index (χ1v) is 7.46. The van der Waals surface area contributed by atoms with Gasteiger partial charge in [-0.05, 0) is 31.7 Å². The maximum atomic E-state index is 10.1. The molecule has 1 fully saturated rings. The van der Waals surface area contributed by atoms with E-state index in [1.54, 1.807) is 0 Å². The van der Waals surface area contributed by atoms with Crippen LogP contribution in [0.5, 0.6) is 0 Å². The fourth-order valence-electron chi connectivity index (χ4n) is 2.77. The molecule has 0 bridgehead atoms. The number of β-amino-alcohol motifs (C(OH)–C–C–N with tert-alkyl or cyclic N) is 1. The summed E-state index contributed by atoms with van der Waals surface area (Å²) in [6.07, 6.45) is 2.34. The lowest BCUT2D eigenvalue weighted by molar-refractivity contribution is 0.0839. The van der Waals surface area contributed by atoms with Gasteiger partial charge in [-0.25, -0.2) is 0 Å². The minimum absolute atomic E-state index is 0.355. The molecular formula is C14H22N4OS. The van der Waals surface area contributed by atoms with Crippen molar-refractivity contribution in [3.05, 3.63) is 16.8 Å². The molecule has 1 aliphatic rings. The topological polar surface area (TPSA) is 75.3 Å². The first-order chi connectivity index (χ1) is 9.39. The Kier molecular flexibility index (Phi) is 4.25. The van der Waals surface area contributed by atoms with Crippen molar-refractivity contribution in [3.8, 4) is 0 Å². The highest BCUT2D eigenvalue weighted by molar-refractivity contribution is 7.80. The number of nitrogens with zero attached hydrogens (tertiary/aromatic N) is 3. The first-order valence-electron chi connectivity index (χ1n) is 7.05. The molecule has 6 heteroatoms. The van der Waals surface area contributed by atoms with Crippen LogP contribution in [-0.2, 0) is 12.8 Å². The maximum absolute atomic E-state index is 10.1. The van der Waals surface area contributed by atoms with Crippen LogP contribution in [0.4, 0.5) is 5.82 Å². The lowest BCUT2D eigenvalue weighted by Crippen LogP contribution is -2.32. The van der Waals surface area contributed by atoms with Crippen LogP contribution in [0, 0.1) is 0 Å². The summed E-state index contributed by atoms with van der Waals surface area (Å²) in [4.78, 5) is 2.38. The summed E-state index contributed by atoms with van der Waals surface area (Å²) in [5.41, 5.74) is 8.09. The zero-order valence-electron chi connectivity index (χ0n) is 12.3. The molecule has 5 nitrogen and oxygen atoms in total. The van der Waals surface area contributed by atoms with Crippen molar-refractivity contribution in [2.75, 3.05) is 18.0 Å².